The Bertz CT molecular complexity index is 3930. The van der Waals surface area contributed by atoms with Crippen LogP contribution in [-0.4, -0.2) is 19.1 Å². The predicted molar refractivity (Wildman–Crippen MR) is 267 cm³/mol. The second-order valence-electron chi connectivity index (χ2n) is 16.5. The third-order valence-electron chi connectivity index (χ3n) is 12.9. The van der Waals surface area contributed by atoms with Crippen molar-refractivity contribution in [3.05, 3.63) is 231 Å². The largest absolute Gasteiger partial charge is 0.309 e. The maximum atomic E-state index is 5.44. The van der Waals surface area contributed by atoms with E-state index in [1.807, 2.05) is 0 Å². The second kappa shape index (κ2) is 14.5. The molecule has 0 N–H and O–H groups in total. The van der Waals surface area contributed by atoms with Crippen molar-refractivity contribution >= 4 is 65.3 Å². The van der Waals surface area contributed by atoms with Crippen LogP contribution >= 0.6 is 0 Å². The van der Waals surface area contributed by atoms with Crippen molar-refractivity contribution in [3.8, 4) is 56.3 Å². The fraction of sp³-hybridized carbons (Fsp3) is 0. The van der Waals surface area contributed by atoms with E-state index in [2.05, 4.69) is 240 Å². The van der Waals surface area contributed by atoms with Crippen molar-refractivity contribution in [2.45, 2.75) is 0 Å². The average molecular weight is 815 g/mol. The summed E-state index contributed by atoms with van der Waals surface area (Å²) in [4.78, 5) is 10.7. The number of hydrogen-bond acceptors (Lipinski definition) is 2. The van der Waals surface area contributed by atoms with Gasteiger partial charge in [0.2, 0.25) is 5.95 Å². The molecule has 0 fully saturated rings. The molecule has 0 amide bonds. The van der Waals surface area contributed by atoms with Gasteiger partial charge in [-0.05, 0) is 98.8 Å². The zero-order valence-electron chi connectivity index (χ0n) is 34.7. The van der Waals surface area contributed by atoms with Gasteiger partial charge in [-0.3, -0.25) is 4.57 Å². The standard InChI is InChI=1S/C60H38N4/c1-3-15-39(16-4-1)46-24-13-17-41-18-14-25-47(58(41)46)40-29-31-42(32-30-40)59-50-23-7-10-26-53(50)61-60(62-59)64-55-28-12-9-22-49(55)52-38-44(34-36-57(52)64)43-33-35-56-51(37-43)48-21-8-11-27-54(48)63(56)45-19-5-2-6-20-45/h1-38H. The molecule has 13 rings (SSSR count). The van der Waals surface area contributed by atoms with Gasteiger partial charge in [-0.15, -0.1) is 0 Å². The van der Waals surface area contributed by atoms with Crippen LogP contribution in [0.15, 0.2) is 231 Å². The minimum absolute atomic E-state index is 0.647. The number of benzene rings is 10. The molecule has 0 saturated carbocycles. The number of hydrogen-bond donors (Lipinski definition) is 0. The van der Waals surface area contributed by atoms with Crippen LogP contribution in [-0.2, 0) is 0 Å². The molecular formula is C60H38N4. The van der Waals surface area contributed by atoms with E-state index in [0.717, 1.165) is 60.8 Å². The van der Waals surface area contributed by atoms with E-state index in [1.54, 1.807) is 0 Å². The van der Waals surface area contributed by atoms with E-state index >= 15 is 0 Å². The Labute approximate surface area is 369 Å². The molecule has 0 aliphatic rings. The lowest BCUT2D eigenvalue weighted by Crippen LogP contribution is -2.03. The predicted octanol–water partition coefficient (Wildman–Crippen LogP) is 15.6. The number of fused-ring (bicyclic) bond motifs is 8. The molecule has 0 saturated heterocycles. The Hall–Kier alpha value is -8.60. The van der Waals surface area contributed by atoms with Crippen LogP contribution in [0.4, 0.5) is 0 Å². The first-order chi connectivity index (χ1) is 31.7. The summed E-state index contributed by atoms with van der Waals surface area (Å²) >= 11 is 0. The molecular weight excluding hydrogens is 777 g/mol. The highest BCUT2D eigenvalue weighted by atomic mass is 15.2. The van der Waals surface area contributed by atoms with Gasteiger partial charge in [-0.1, -0.05) is 176 Å². The van der Waals surface area contributed by atoms with Crippen LogP contribution in [0.1, 0.15) is 0 Å². The lowest BCUT2D eigenvalue weighted by molar-refractivity contribution is 1.01. The molecule has 0 unspecified atom stereocenters. The minimum atomic E-state index is 0.647. The van der Waals surface area contributed by atoms with E-state index in [9.17, 15) is 0 Å². The minimum Gasteiger partial charge on any atom is -0.309 e. The fourth-order valence-corrected chi connectivity index (χ4v) is 10.0. The molecule has 13 aromatic rings. The van der Waals surface area contributed by atoms with Gasteiger partial charge in [0.15, 0.2) is 0 Å². The SMILES string of the molecule is c1ccc(-c2cccc3cccc(-c4ccc(-c5nc(-n6c7ccccc7c7cc(-c8ccc9c(c8)c8ccccc8n9-c8ccccc8)ccc76)nc6ccccc56)cc4)c23)cc1. The summed E-state index contributed by atoms with van der Waals surface area (Å²) in [6.07, 6.45) is 0. The molecule has 3 aromatic heterocycles. The Morgan fingerprint density at radius 2 is 0.781 bits per heavy atom. The maximum absolute atomic E-state index is 5.44. The van der Waals surface area contributed by atoms with Gasteiger partial charge in [0.05, 0.1) is 33.3 Å². The van der Waals surface area contributed by atoms with Crippen LogP contribution < -0.4 is 0 Å². The smallest absolute Gasteiger partial charge is 0.235 e. The van der Waals surface area contributed by atoms with Crippen molar-refractivity contribution in [2.24, 2.45) is 0 Å². The summed E-state index contributed by atoms with van der Waals surface area (Å²) in [5, 5.41) is 8.29. The third kappa shape index (κ3) is 5.70. The van der Waals surface area contributed by atoms with Crippen LogP contribution in [0.3, 0.4) is 0 Å². The van der Waals surface area contributed by atoms with Crippen molar-refractivity contribution < 1.29 is 0 Å². The van der Waals surface area contributed by atoms with Gasteiger partial charge in [-0.2, -0.15) is 0 Å². The molecule has 0 radical (unpaired) electrons. The Balaban J connectivity index is 0.937. The van der Waals surface area contributed by atoms with Gasteiger partial charge >= 0.3 is 0 Å². The van der Waals surface area contributed by atoms with Crippen LogP contribution in [0, 0.1) is 0 Å². The summed E-state index contributed by atoms with van der Waals surface area (Å²) in [6.45, 7) is 0. The highest BCUT2D eigenvalue weighted by Crippen LogP contribution is 2.40. The molecule has 4 heteroatoms. The van der Waals surface area contributed by atoms with E-state index in [4.69, 9.17) is 9.97 Å². The molecule has 0 aliphatic carbocycles. The number of para-hydroxylation sites is 4. The summed E-state index contributed by atoms with van der Waals surface area (Å²) in [5.41, 5.74) is 15.7. The summed E-state index contributed by atoms with van der Waals surface area (Å²) in [5.74, 6) is 0.647. The molecule has 0 aliphatic heterocycles. The van der Waals surface area contributed by atoms with E-state index in [0.29, 0.717) is 5.95 Å². The Kier molecular flexibility index (Phi) is 8.18. The van der Waals surface area contributed by atoms with Crippen molar-refractivity contribution in [3.63, 3.8) is 0 Å². The summed E-state index contributed by atoms with van der Waals surface area (Å²) in [7, 11) is 0. The highest BCUT2D eigenvalue weighted by molar-refractivity contribution is 6.13. The number of rotatable bonds is 6. The van der Waals surface area contributed by atoms with Gasteiger partial charge in [0, 0.05) is 38.2 Å². The lowest BCUT2D eigenvalue weighted by atomic mass is 9.91. The number of nitrogens with zero attached hydrogens (tertiary/aromatic N) is 4. The van der Waals surface area contributed by atoms with Crippen molar-refractivity contribution in [1.82, 2.24) is 19.1 Å². The van der Waals surface area contributed by atoms with Crippen LogP contribution in [0.5, 0.6) is 0 Å². The Morgan fingerprint density at radius 3 is 1.44 bits per heavy atom. The van der Waals surface area contributed by atoms with Gasteiger partial charge in [-0.25, -0.2) is 9.97 Å². The molecule has 0 bridgehead atoms. The first-order valence-electron chi connectivity index (χ1n) is 21.8. The van der Waals surface area contributed by atoms with E-state index < -0.39 is 0 Å². The molecule has 0 atom stereocenters. The summed E-state index contributed by atoms with van der Waals surface area (Å²) in [6, 6.07) is 82.7. The second-order valence-corrected chi connectivity index (χ2v) is 16.5. The fourth-order valence-electron chi connectivity index (χ4n) is 10.0. The van der Waals surface area contributed by atoms with Crippen molar-refractivity contribution in [2.75, 3.05) is 0 Å². The highest BCUT2D eigenvalue weighted by Gasteiger charge is 2.19. The van der Waals surface area contributed by atoms with E-state index in [1.165, 1.54) is 54.8 Å². The normalized spacial score (nSPS) is 11.8. The molecule has 64 heavy (non-hydrogen) atoms. The average Bonchev–Trinajstić information content (AvgIpc) is 3.88. The van der Waals surface area contributed by atoms with Gasteiger partial charge in [0.1, 0.15) is 0 Å². The number of aromatic nitrogens is 4. The van der Waals surface area contributed by atoms with Crippen molar-refractivity contribution in [1.29, 1.82) is 0 Å². The van der Waals surface area contributed by atoms with Crippen LogP contribution in [0.2, 0.25) is 0 Å². The zero-order valence-corrected chi connectivity index (χ0v) is 34.7. The van der Waals surface area contributed by atoms with Crippen LogP contribution in [0.25, 0.3) is 122 Å². The molecule has 298 valence electrons. The molecule has 10 aromatic carbocycles. The maximum Gasteiger partial charge on any atom is 0.235 e. The van der Waals surface area contributed by atoms with E-state index in [-0.39, 0.29) is 0 Å². The van der Waals surface area contributed by atoms with Gasteiger partial charge < -0.3 is 4.57 Å². The monoisotopic (exact) mass is 814 g/mol. The van der Waals surface area contributed by atoms with Gasteiger partial charge in [0.25, 0.3) is 0 Å². The molecule has 4 nitrogen and oxygen atoms in total. The topological polar surface area (TPSA) is 35.6 Å². The first-order valence-corrected chi connectivity index (χ1v) is 21.8. The molecule has 3 heterocycles. The quantitative estimate of drug-likeness (QED) is 0.168. The summed E-state index contributed by atoms with van der Waals surface area (Å²) < 4.78 is 4.60. The first kappa shape index (κ1) is 36.1. The third-order valence-corrected chi connectivity index (χ3v) is 12.9. The molecule has 0 spiro atoms. The lowest BCUT2D eigenvalue weighted by Gasteiger charge is -2.14. The zero-order chi connectivity index (χ0) is 42.1. The Morgan fingerprint density at radius 1 is 0.297 bits per heavy atom.